The number of rotatable bonds is 4. The third kappa shape index (κ3) is 2.91. The summed E-state index contributed by atoms with van der Waals surface area (Å²) in [7, 11) is 1.63. The zero-order valence-electron chi connectivity index (χ0n) is 11.5. The van der Waals surface area contributed by atoms with Crippen molar-refractivity contribution in [3.63, 3.8) is 0 Å². The first-order valence-corrected chi connectivity index (χ1v) is 6.53. The van der Waals surface area contributed by atoms with Gasteiger partial charge in [0.15, 0.2) is 0 Å². The molecule has 1 aromatic heterocycles. The van der Waals surface area contributed by atoms with Gasteiger partial charge in [0.1, 0.15) is 23.7 Å². The topological polar surface area (TPSA) is 47.0 Å². The van der Waals surface area contributed by atoms with E-state index in [4.69, 9.17) is 4.74 Å². The van der Waals surface area contributed by atoms with Gasteiger partial charge in [-0.15, -0.1) is 0 Å². The van der Waals surface area contributed by atoms with Gasteiger partial charge >= 0.3 is 0 Å². The highest BCUT2D eigenvalue weighted by Crippen LogP contribution is 2.21. The number of fused-ring (bicyclic) bond motifs is 1. The second kappa shape index (κ2) is 5.75. The molecule has 0 bridgehead atoms. The van der Waals surface area contributed by atoms with Gasteiger partial charge in [-0.1, -0.05) is 12.1 Å². The van der Waals surface area contributed by atoms with Crippen LogP contribution in [0.4, 0.5) is 10.2 Å². The molecular weight excluding hydrogens is 269 g/mol. The fourth-order valence-electron chi connectivity index (χ4n) is 2.10. The molecule has 0 aliphatic heterocycles. The predicted molar refractivity (Wildman–Crippen MR) is 79.8 cm³/mol. The highest BCUT2D eigenvalue weighted by molar-refractivity contribution is 5.88. The SMILES string of the molecule is COc1ccc(CNc2ncnc3ccc(F)cc23)cc1. The number of anilines is 1. The van der Waals surface area contributed by atoms with Crippen LogP contribution in [0, 0.1) is 5.82 Å². The second-order valence-corrected chi connectivity index (χ2v) is 4.59. The summed E-state index contributed by atoms with van der Waals surface area (Å²) in [5.41, 5.74) is 1.79. The minimum atomic E-state index is -0.301. The van der Waals surface area contributed by atoms with Crippen LogP contribution in [0.5, 0.6) is 5.75 Å². The summed E-state index contributed by atoms with van der Waals surface area (Å²) in [6, 6.07) is 12.2. The van der Waals surface area contributed by atoms with Gasteiger partial charge < -0.3 is 10.1 Å². The van der Waals surface area contributed by atoms with E-state index in [0.29, 0.717) is 23.3 Å². The molecule has 0 aliphatic carbocycles. The third-order valence-corrected chi connectivity index (χ3v) is 3.22. The van der Waals surface area contributed by atoms with Crippen molar-refractivity contribution in [3.05, 3.63) is 60.2 Å². The lowest BCUT2D eigenvalue weighted by Crippen LogP contribution is -2.02. The Morgan fingerprint density at radius 3 is 2.67 bits per heavy atom. The molecule has 0 spiro atoms. The molecule has 0 aliphatic rings. The smallest absolute Gasteiger partial charge is 0.137 e. The normalized spacial score (nSPS) is 10.6. The number of benzene rings is 2. The molecule has 1 N–H and O–H groups in total. The number of halogens is 1. The van der Waals surface area contributed by atoms with Gasteiger partial charge in [0, 0.05) is 11.9 Å². The van der Waals surface area contributed by atoms with Gasteiger partial charge in [-0.25, -0.2) is 14.4 Å². The first kappa shape index (κ1) is 13.3. The van der Waals surface area contributed by atoms with Crippen LogP contribution in [-0.4, -0.2) is 17.1 Å². The largest absolute Gasteiger partial charge is 0.497 e. The quantitative estimate of drug-likeness (QED) is 0.797. The van der Waals surface area contributed by atoms with E-state index in [1.165, 1.54) is 18.5 Å². The Morgan fingerprint density at radius 1 is 1.10 bits per heavy atom. The van der Waals surface area contributed by atoms with Crippen LogP contribution in [0.25, 0.3) is 10.9 Å². The lowest BCUT2D eigenvalue weighted by molar-refractivity contribution is 0.414. The van der Waals surface area contributed by atoms with E-state index in [9.17, 15) is 4.39 Å². The van der Waals surface area contributed by atoms with Gasteiger partial charge in [0.25, 0.3) is 0 Å². The Kier molecular flexibility index (Phi) is 3.64. The highest BCUT2D eigenvalue weighted by Gasteiger charge is 2.05. The van der Waals surface area contributed by atoms with E-state index in [-0.39, 0.29) is 5.82 Å². The van der Waals surface area contributed by atoms with E-state index in [1.807, 2.05) is 24.3 Å². The van der Waals surface area contributed by atoms with Gasteiger partial charge in [-0.3, -0.25) is 0 Å². The molecule has 0 fully saturated rings. The second-order valence-electron chi connectivity index (χ2n) is 4.59. The van der Waals surface area contributed by atoms with E-state index >= 15 is 0 Å². The maximum Gasteiger partial charge on any atom is 0.137 e. The van der Waals surface area contributed by atoms with Gasteiger partial charge in [-0.05, 0) is 35.9 Å². The van der Waals surface area contributed by atoms with Crippen molar-refractivity contribution in [3.8, 4) is 5.75 Å². The van der Waals surface area contributed by atoms with Crippen molar-refractivity contribution in [1.29, 1.82) is 0 Å². The Morgan fingerprint density at radius 2 is 1.90 bits per heavy atom. The Hall–Kier alpha value is -2.69. The highest BCUT2D eigenvalue weighted by atomic mass is 19.1. The van der Waals surface area contributed by atoms with Crippen molar-refractivity contribution in [2.24, 2.45) is 0 Å². The Labute approximate surface area is 121 Å². The monoisotopic (exact) mass is 283 g/mol. The Bertz CT molecular complexity index is 759. The summed E-state index contributed by atoms with van der Waals surface area (Å²) >= 11 is 0. The first-order chi connectivity index (χ1) is 10.3. The summed E-state index contributed by atoms with van der Waals surface area (Å²) in [6.07, 6.45) is 1.47. The number of hydrogen-bond donors (Lipinski definition) is 1. The molecule has 1 heterocycles. The number of hydrogen-bond acceptors (Lipinski definition) is 4. The Balaban J connectivity index is 1.82. The standard InChI is InChI=1S/C16H14FN3O/c1-21-13-5-2-11(3-6-13)9-18-16-14-8-12(17)4-7-15(14)19-10-20-16/h2-8,10H,9H2,1H3,(H,18,19,20). The van der Waals surface area contributed by atoms with Crippen molar-refractivity contribution in [2.45, 2.75) is 6.54 Å². The molecule has 21 heavy (non-hydrogen) atoms. The van der Waals surface area contributed by atoms with E-state index in [2.05, 4.69) is 15.3 Å². The molecule has 0 amide bonds. The van der Waals surface area contributed by atoms with Gasteiger partial charge in [0.05, 0.1) is 12.6 Å². The molecule has 3 rings (SSSR count). The maximum atomic E-state index is 13.4. The predicted octanol–water partition coefficient (Wildman–Crippen LogP) is 3.39. The number of nitrogens with one attached hydrogen (secondary N) is 1. The molecule has 0 saturated heterocycles. The molecular formula is C16H14FN3O. The number of nitrogens with zero attached hydrogens (tertiary/aromatic N) is 2. The van der Waals surface area contributed by atoms with Crippen LogP contribution in [0.3, 0.4) is 0 Å². The molecule has 4 nitrogen and oxygen atoms in total. The van der Waals surface area contributed by atoms with Gasteiger partial charge in [-0.2, -0.15) is 0 Å². The van der Waals surface area contributed by atoms with E-state index < -0.39 is 0 Å². The first-order valence-electron chi connectivity index (χ1n) is 6.53. The lowest BCUT2D eigenvalue weighted by Gasteiger charge is -2.09. The maximum absolute atomic E-state index is 13.4. The molecule has 3 aromatic rings. The molecule has 0 saturated carbocycles. The van der Waals surface area contributed by atoms with Crippen LogP contribution < -0.4 is 10.1 Å². The molecule has 0 atom stereocenters. The molecule has 5 heteroatoms. The minimum absolute atomic E-state index is 0.301. The van der Waals surface area contributed by atoms with Crippen molar-refractivity contribution in [1.82, 2.24) is 9.97 Å². The van der Waals surface area contributed by atoms with E-state index in [0.717, 1.165) is 11.3 Å². The summed E-state index contributed by atoms with van der Waals surface area (Å²) < 4.78 is 18.5. The molecule has 0 radical (unpaired) electrons. The van der Waals surface area contributed by atoms with Crippen molar-refractivity contribution in [2.75, 3.05) is 12.4 Å². The van der Waals surface area contributed by atoms with Crippen LogP contribution in [0.1, 0.15) is 5.56 Å². The van der Waals surface area contributed by atoms with Crippen LogP contribution in [-0.2, 0) is 6.54 Å². The number of methoxy groups -OCH3 is 1. The van der Waals surface area contributed by atoms with E-state index in [1.54, 1.807) is 13.2 Å². The summed E-state index contributed by atoms with van der Waals surface area (Å²) in [6.45, 7) is 0.590. The summed E-state index contributed by atoms with van der Waals surface area (Å²) in [5.74, 6) is 1.13. The zero-order chi connectivity index (χ0) is 14.7. The molecule has 106 valence electrons. The average molecular weight is 283 g/mol. The van der Waals surface area contributed by atoms with Crippen molar-refractivity contribution >= 4 is 16.7 Å². The summed E-state index contributed by atoms with van der Waals surface area (Å²) in [5, 5.41) is 3.88. The fourth-order valence-corrected chi connectivity index (χ4v) is 2.10. The lowest BCUT2D eigenvalue weighted by atomic mass is 10.2. The molecule has 0 unspecified atom stereocenters. The van der Waals surface area contributed by atoms with Gasteiger partial charge in [0.2, 0.25) is 0 Å². The number of aromatic nitrogens is 2. The summed E-state index contributed by atoms with van der Waals surface area (Å²) in [4.78, 5) is 8.31. The number of ether oxygens (including phenoxy) is 1. The average Bonchev–Trinajstić information content (AvgIpc) is 2.53. The van der Waals surface area contributed by atoms with Crippen molar-refractivity contribution < 1.29 is 9.13 Å². The molecule has 2 aromatic carbocycles. The fraction of sp³-hybridized carbons (Fsp3) is 0.125. The van der Waals surface area contributed by atoms with Crippen LogP contribution in [0.15, 0.2) is 48.8 Å². The van der Waals surface area contributed by atoms with Crippen LogP contribution >= 0.6 is 0 Å². The minimum Gasteiger partial charge on any atom is -0.497 e. The third-order valence-electron chi connectivity index (χ3n) is 3.22. The van der Waals surface area contributed by atoms with Crippen LogP contribution in [0.2, 0.25) is 0 Å². The zero-order valence-corrected chi connectivity index (χ0v) is 11.5.